The second kappa shape index (κ2) is 18.7. The second-order valence-electron chi connectivity index (χ2n) is 14.4. The largest absolute Gasteiger partial charge is 0.490 e. The van der Waals surface area contributed by atoms with Crippen molar-refractivity contribution in [1.82, 2.24) is 0 Å². The highest BCUT2D eigenvalue weighted by Crippen LogP contribution is 2.31. The number of nitrogens with zero attached hydrogens (tertiary/aromatic N) is 1. The van der Waals surface area contributed by atoms with Gasteiger partial charge in [0, 0.05) is 17.7 Å². The molecule has 2 nitrogen and oxygen atoms in total. The van der Waals surface area contributed by atoms with Crippen molar-refractivity contribution in [3.63, 3.8) is 0 Å². The van der Waals surface area contributed by atoms with Gasteiger partial charge in [-0.3, -0.25) is 0 Å². The van der Waals surface area contributed by atoms with Gasteiger partial charge in [-0.15, -0.1) is 21.9 Å². The Morgan fingerprint density at radius 2 is 0.646 bits per heavy atom. The second-order valence-corrected chi connectivity index (χ2v) is 14.4. The molecule has 0 spiro atoms. The fraction of sp³-hybridized carbons (Fsp3) is 0.167. The maximum Gasteiger partial charge on any atom is 0.200 e. The van der Waals surface area contributed by atoms with Gasteiger partial charge in [0.25, 0.3) is 0 Å². The van der Waals surface area contributed by atoms with Crippen LogP contribution in [0.2, 0.25) is 0 Å². The molecule has 344 valence electrons. The molecule has 0 atom stereocenters. The van der Waals surface area contributed by atoms with Gasteiger partial charge >= 0.3 is 0 Å². The lowest BCUT2D eigenvalue weighted by molar-refractivity contribution is -0.688. The Balaban J connectivity index is 0.000000289. The zero-order valence-corrected chi connectivity index (χ0v) is 32.0. The van der Waals surface area contributed by atoms with E-state index in [4.69, 9.17) is 4.74 Å². The van der Waals surface area contributed by atoms with E-state index in [9.17, 15) is 52.7 Å². The topological polar surface area (TPSA) is 13.1 Å². The van der Waals surface area contributed by atoms with Gasteiger partial charge in [0.1, 0.15) is 58.4 Å². The maximum atomic E-state index is 15.4. The normalized spacial score (nSPS) is 13.2. The van der Waals surface area contributed by atoms with Crippen molar-refractivity contribution in [3.05, 3.63) is 177 Å². The van der Waals surface area contributed by atoms with E-state index < -0.39 is 144 Å². The zero-order valence-electron chi connectivity index (χ0n) is 32.0. The number of rotatable bonds is 8. The quantitative estimate of drug-likeness (QED) is 0.0488. The smallest absolute Gasteiger partial charge is 0.200 e. The van der Waals surface area contributed by atoms with Crippen molar-refractivity contribution in [2.24, 2.45) is 0 Å². The molecule has 0 unspecified atom stereocenters. The zero-order chi connectivity index (χ0) is 48.0. The van der Waals surface area contributed by atoms with Crippen LogP contribution in [0.5, 0.6) is 5.75 Å². The van der Waals surface area contributed by atoms with E-state index in [1.165, 1.54) is 37.7 Å². The third-order valence-corrected chi connectivity index (χ3v) is 10.6. The van der Waals surface area contributed by atoms with Crippen LogP contribution >= 0.6 is 0 Å². The van der Waals surface area contributed by atoms with Crippen molar-refractivity contribution in [2.75, 3.05) is 0 Å². The predicted octanol–water partition coefficient (Wildman–Crippen LogP) is 9.58. The maximum absolute atomic E-state index is 15.4. The van der Waals surface area contributed by atoms with E-state index in [1.54, 1.807) is 0 Å². The van der Waals surface area contributed by atoms with Gasteiger partial charge in [0.05, 0.1) is 6.10 Å². The number of halogens is 20. The molecule has 1 aromatic heterocycles. The standard InChI is InChI=1S/C24BF20.C18H22NO/c26-5-1(6(27)14(35)21(42)13(5)34)25(2-7(28)15(36)22(43)16(37)8(2)29,3-9(30)17(38)23(44)18(39)10(3)31)4-11(32)19(40)24(45)20(41)12(4)33;1-3-7-17(8-4-1)20-18-11-9-16(10-12-18)15-19-13-5-2-6-14-19/h;2,5-6,9-14,17H,1,3-4,7-8,15H2/q-1;+1. The summed E-state index contributed by atoms with van der Waals surface area (Å²) in [6.07, 6.45) is 3.81. The molecule has 1 saturated carbocycles. The summed E-state index contributed by atoms with van der Waals surface area (Å²) in [6, 6.07) is 14.7. The van der Waals surface area contributed by atoms with Crippen LogP contribution in [0.25, 0.3) is 0 Å². The molecule has 1 aliphatic carbocycles. The van der Waals surface area contributed by atoms with E-state index in [0.717, 1.165) is 12.3 Å². The molecule has 65 heavy (non-hydrogen) atoms. The number of benzene rings is 5. The van der Waals surface area contributed by atoms with Crippen LogP contribution in [-0.4, -0.2) is 12.2 Å². The van der Waals surface area contributed by atoms with Crippen LogP contribution in [0.15, 0.2) is 54.9 Å². The minimum Gasteiger partial charge on any atom is -0.490 e. The van der Waals surface area contributed by atoms with Crippen LogP contribution in [0, 0.1) is 116 Å². The SMILES string of the molecule is Fc1c(F)c(F)c([B-](c2c(F)c(F)c(F)c(F)c2F)(c2c(F)c(F)c(F)c(F)c2F)c2c(F)c(F)c(F)c(F)c2F)c(F)c1F.c1cc[n+](Cc2ccc(OC3CCCCC3)cc2)cc1. The summed E-state index contributed by atoms with van der Waals surface area (Å²) >= 11 is 0. The number of ether oxygens (including phenoxy) is 1. The van der Waals surface area contributed by atoms with Gasteiger partial charge in [0.2, 0.25) is 0 Å². The molecular weight excluding hydrogens is 925 g/mol. The molecular formula is C42H22BF20NO. The van der Waals surface area contributed by atoms with Crippen LogP contribution < -0.4 is 31.2 Å². The third-order valence-electron chi connectivity index (χ3n) is 10.6. The number of aromatic nitrogens is 1. The Morgan fingerprint density at radius 3 is 0.938 bits per heavy atom. The van der Waals surface area contributed by atoms with Crippen molar-refractivity contribution in [1.29, 1.82) is 0 Å². The Morgan fingerprint density at radius 1 is 0.369 bits per heavy atom. The van der Waals surface area contributed by atoms with Crippen molar-refractivity contribution >= 4 is 28.0 Å². The Kier molecular flexibility index (Phi) is 13.8. The molecule has 0 N–H and O–H groups in total. The van der Waals surface area contributed by atoms with E-state index in [1.807, 2.05) is 6.07 Å². The van der Waals surface area contributed by atoms with Crippen LogP contribution in [0.1, 0.15) is 37.7 Å². The van der Waals surface area contributed by atoms with Crippen LogP contribution in [0.3, 0.4) is 0 Å². The molecule has 0 amide bonds. The van der Waals surface area contributed by atoms with Gasteiger partial charge in [-0.25, -0.2) is 92.4 Å². The van der Waals surface area contributed by atoms with Gasteiger partial charge < -0.3 is 4.74 Å². The summed E-state index contributed by atoms with van der Waals surface area (Å²) in [5.74, 6) is -70.4. The lowest BCUT2D eigenvalue weighted by atomic mass is 9.12. The lowest BCUT2D eigenvalue weighted by Gasteiger charge is -2.44. The average molecular weight is 947 g/mol. The highest BCUT2D eigenvalue weighted by Gasteiger charge is 2.52. The van der Waals surface area contributed by atoms with E-state index >= 15 is 35.1 Å². The fourth-order valence-corrected chi connectivity index (χ4v) is 7.67. The third kappa shape index (κ3) is 8.21. The van der Waals surface area contributed by atoms with Crippen molar-refractivity contribution in [3.8, 4) is 5.75 Å². The Labute approximate surface area is 352 Å². The first-order valence-electron chi connectivity index (χ1n) is 18.5. The predicted molar refractivity (Wildman–Crippen MR) is 189 cm³/mol. The minimum atomic E-state index is -7.22. The molecule has 0 aliphatic heterocycles. The summed E-state index contributed by atoms with van der Waals surface area (Å²) < 4.78 is 302. The average Bonchev–Trinajstić information content (AvgIpc) is 3.30. The summed E-state index contributed by atoms with van der Waals surface area (Å²) in [5.41, 5.74) is -13.0. The molecule has 0 bridgehead atoms. The highest BCUT2D eigenvalue weighted by molar-refractivity contribution is 7.20. The van der Waals surface area contributed by atoms with Gasteiger partial charge in [0.15, 0.2) is 88.7 Å². The van der Waals surface area contributed by atoms with Gasteiger partial charge in [-0.05, 0) is 49.9 Å². The van der Waals surface area contributed by atoms with Crippen molar-refractivity contribution < 1.29 is 97.1 Å². The number of hydrogen-bond donors (Lipinski definition) is 0. The molecule has 7 rings (SSSR count). The molecule has 5 aromatic carbocycles. The van der Waals surface area contributed by atoms with Gasteiger partial charge in [-0.2, -0.15) is 0 Å². The first-order chi connectivity index (χ1) is 30.6. The summed E-state index contributed by atoms with van der Waals surface area (Å²) in [6.45, 7) is 0.907. The van der Waals surface area contributed by atoms with E-state index in [-0.39, 0.29) is 0 Å². The summed E-state index contributed by atoms with van der Waals surface area (Å²) in [4.78, 5) is 0. The van der Waals surface area contributed by atoms with E-state index in [0.29, 0.717) is 6.10 Å². The summed E-state index contributed by atoms with van der Waals surface area (Å²) in [5, 5.41) is 0. The number of pyridine rings is 1. The van der Waals surface area contributed by atoms with Gasteiger partial charge in [-0.1, -0.05) is 12.5 Å². The summed E-state index contributed by atoms with van der Waals surface area (Å²) in [7, 11) is 0. The highest BCUT2D eigenvalue weighted by atomic mass is 19.2. The van der Waals surface area contributed by atoms with Crippen LogP contribution in [0.4, 0.5) is 87.8 Å². The molecule has 6 aromatic rings. The first kappa shape index (κ1) is 48.2. The minimum absolute atomic E-state index is 0.429. The molecule has 1 heterocycles. The molecule has 1 fully saturated rings. The molecule has 0 saturated heterocycles. The fourth-order valence-electron chi connectivity index (χ4n) is 7.67. The molecule has 1 aliphatic rings. The molecule has 0 radical (unpaired) electrons. The monoisotopic (exact) mass is 947 g/mol. The number of hydrogen-bond acceptors (Lipinski definition) is 1. The lowest BCUT2D eigenvalue weighted by Crippen LogP contribution is -2.81. The van der Waals surface area contributed by atoms with E-state index in [2.05, 4.69) is 53.4 Å². The van der Waals surface area contributed by atoms with Crippen molar-refractivity contribution in [2.45, 2.75) is 44.8 Å². The molecule has 23 heteroatoms. The van der Waals surface area contributed by atoms with Crippen LogP contribution in [-0.2, 0) is 6.54 Å². The Hall–Kier alpha value is -6.29. The first-order valence-corrected chi connectivity index (χ1v) is 18.5. The Bertz CT molecular complexity index is 2420.